The lowest BCUT2D eigenvalue weighted by molar-refractivity contribution is -0.123. The van der Waals surface area contributed by atoms with Crippen molar-refractivity contribution in [2.45, 2.75) is 25.1 Å². The molecular weight excluding hydrogens is 475 g/mol. The van der Waals surface area contributed by atoms with Crippen LogP contribution < -0.4 is 21.3 Å². The van der Waals surface area contributed by atoms with Crippen molar-refractivity contribution in [1.82, 2.24) is 25.6 Å². The summed E-state index contributed by atoms with van der Waals surface area (Å²) in [7, 11) is 0. The molecule has 4 heterocycles. The van der Waals surface area contributed by atoms with Crippen LogP contribution in [0.3, 0.4) is 0 Å². The Morgan fingerprint density at radius 1 is 1.11 bits per heavy atom. The lowest BCUT2D eigenvalue weighted by Crippen LogP contribution is -2.34. The Labute approximate surface area is 204 Å². The van der Waals surface area contributed by atoms with Crippen molar-refractivity contribution in [3.05, 3.63) is 65.0 Å². The van der Waals surface area contributed by atoms with E-state index >= 15 is 0 Å². The van der Waals surface area contributed by atoms with Crippen molar-refractivity contribution in [1.29, 1.82) is 0 Å². The molecule has 0 spiro atoms. The summed E-state index contributed by atoms with van der Waals surface area (Å²) < 4.78 is 43.2. The molecule has 0 aliphatic carbocycles. The molecule has 0 bridgehead atoms. The number of ether oxygens (including phenoxy) is 1. The fourth-order valence-corrected chi connectivity index (χ4v) is 3.94. The van der Waals surface area contributed by atoms with Crippen LogP contribution in [0, 0.1) is 0 Å². The highest BCUT2D eigenvalue weighted by atomic mass is 19.4. The molecule has 0 radical (unpaired) electrons. The molecule has 0 saturated carbocycles. The van der Waals surface area contributed by atoms with Crippen LogP contribution in [0.2, 0.25) is 0 Å². The van der Waals surface area contributed by atoms with Crippen molar-refractivity contribution < 1.29 is 22.7 Å². The van der Waals surface area contributed by atoms with E-state index in [9.17, 15) is 18.0 Å². The second-order valence-electron chi connectivity index (χ2n) is 8.60. The van der Waals surface area contributed by atoms with E-state index in [0.29, 0.717) is 19.0 Å². The third-order valence-corrected chi connectivity index (χ3v) is 5.91. The summed E-state index contributed by atoms with van der Waals surface area (Å²) in [5.74, 6) is -0.181. The van der Waals surface area contributed by atoms with Gasteiger partial charge in [-0.3, -0.25) is 4.79 Å². The number of hydrogen-bond donors (Lipinski definition) is 4. The fraction of sp³-hybridized carbons (Fsp3) is 0.333. The molecule has 2 aliphatic rings. The molecule has 3 aromatic rings. The molecule has 5 rings (SSSR count). The number of pyridine rings is 1. The Morgan fingerprint density at radius 3 is 2.75 bits per heavy atom. The molecule has 36 heavy (non-hydrogen) atoms. The number of halogens is 3. The molecule has 9 nitrogen and oxygen atoms in total. The second-order valence-corrected chi connectivity index (χ2v) is 8.60. The van der Waals surface area contributed by atoms with Crippen LogP contribution in [0.5, 0.6) is 0 Å². The topological polar surface area (TPSA) is 113 Å². The van der Waals surface area contributed by atoms with Gasteiger partial charge in [-0.25, -0.2) is 9.97 Å². The maximum Gasteiger partial charge on any atom is 0.405 e. The molecular formula is C24H24F3N7O2. The minimum absolute atomic E-state index is 0.0290. The van der Waals surface area contributed by atoms with Gasteiger partial charge in [-0.05, 0) is 48.4 Å². The van der Waals surface area contributed by atoms with E-state index in [-0.39, 0.29) is 23.2 Å². The zero-order chi connectivity index (χ0) is 25.1. The number of rotatable bonds is 7. The maximum absolute atomic E-state index is 12.7. The van der Waals surface area contributed by atoms with Crippen molar-refractivity contribution >= 4 is 29.2 Å². The number of aromatic nitrogens is 3. The van der Waals surface area contributed by atoms with Crippen LogP contribution in [0.1, 0.15) is 33.1 Å². The third-order valence-electron chi connectivity index (χ3n) is 5.91. The molecule has 4 N–H and O–H groups in total. The van der Waals surface area contributed by atoms with Crippen molar-refractivity contribution in [2.75, 3.05) is 36.9 Å². The molecule has 1 aromatic carbocycles. The van der Waals surface area contributed by atoms with E-state index in [2.05, 4.69) is 30.9 Å². The quantitative estimate of drug-likeness (QED) is 0.391. The van der Waals surface area contributed by atoms with Crippen molar-refractivity contribution in [3.63, 3.8) is 0 Å². The van der Waals surface area contributed by atoms with Gasteiger partial charge in [0.2, 0.25) is 5.95 Å². The largest absolute Gasteiger partial charge is 0.405 e. The predicted octanol–water partition coefficient (Wildman–Crippen LogP) is 3.41. The Balaban J connectivity index is 1.41. The second kappa shape index (κ2) is 10.1. The van der Waals surface area contributed by atoms with Gasteiger partial charge in [-0.2, -0.15) is 18.2 Å². The van der Waals surface area contributed by atoms with Crippen molar-refractivity contribution in [3.8, 4) is 0 Å². The van der Waals surface area contributed by atoms with Crippen LogP contribution in [0.25, 0.3) is 0 Å². The van der Waals surface area contributed by atoms with Crippen molar-refractivity contribution in [2.24, 2.45) is 0 Å². The Bertz CT molecular complexity index is 1260. The van der Waals surface area contributed by atoms with Gasteiger partial charge < -0.3 is 26.0 Å². The van der Waals surface area contributed by atoms with E-state index in [1.165, 1.54) is 11.8 Å². The van der Waals surface area contributed by atoms with Crippen LogP contribution in [0.4, 0.5) is 36.4 Å². The number of fused-ring (bicyclic) bond motifs is 1. The van der Waals surface area contributed by atoms with E-state index in [1.54, 1.807) is 12.1 Å². The molecule has 188 valence electrons. The van der Waals surface area contributed by atoms with Gasteiger partial charge in [-0.1, -0.05) is 12.1 Å². The standard InChI is InChI=1S/C24H24F3N7O2/c25-24(26,27)13-30-22(35)18-10-29-23(31-17-5-4-14-6-7-28-9-15(14)8-17)34-21(18)33-20-3-1-2-19(32-20)16-11-36-12-16/h1-5,8,10,16,28H,6-7,9,11-13H2,(H,30,35)(H2,29,31,32,33,34). The summed E-state index contributed by atoms with van der Waals surface area (Å²) in [5, 5.41) is 11.3. The number of carbonyl (C=O) groups is 1. The summed E-state index contributed by atoms with van der Waals surface area (Å²) in [5.41, 5.74) is 3.85. The molecule has 1 saturated heterocycles. The number of anilines is 4. The first kappa shape index (κ1) is 23.9. The predicted molar refractivity (Wildman–Crippen MR) is 127 cm³/mol. The highest BCUT2D eigenvalue weighted by molar-refractivity contribution is 5.99. The van der Waals surface area contributed by atoms with Crippen LogP contribution in [-0.4, -0.2) is 53.3 Å². The first-order valence-electron chi connectivity index (χ1n) is 11.5. The van der Waals surface area contributed by atoms with Crippen LogP contribution in [-0.2, 0) is 17.7 Å². The smallest absolute Gasteiger partial charge is 0.380 e. The van der Waals surface area contributed by atoms with Gasteiger partial charge in [0.15, 0.2) is 0 Å². The summed E-state index contributed by atoms with van der Waals surface area (Å²) in [4.78, 5) is 25.7. The third kappa shape index (κ3) is 5.71. The van der Waals surface area contributed by atoms with Crippen LogP contribution >= 0.6 is 0 Å². The molecule has 0 unspecified atom stereocenters. The molecule has 12 heteroatoms. The minimum Gasteiger partial charge on any atom is -0.380 e. The van der Waals surface area contributed by atoms with E-state index in [4.69, 9.17) is 4.74 Å². The van der Waals surface area contributed by atoms with Gasteiger partial charge in [-0.15, -0.1) is 0 Å². The lowest BCUT2D eigenvalue weighted by Gasteiger charge is -2.25. The average Bonchev–Trinajstić information content (AvgIpc) is 2.81. The maximum atomic E-state index is 12.7. The minimum atomic E-state index is -4.55. The zero-order valence-electron chi connectivity index (χ0n) is 19.2. The highest BCUT2D eigenvalue weighted by Gasteiger charge is 2.29. The first-order valence-corrected chi connectivity index (χ1v) is 11.5. The zero-order valence-corrected chi connectivity index (χ0v) is 19.2. The van der Waals surface area contributed by atoms with E-state index < -0.39 is 18.6 Å². The highest BCUT2D eigenvalue weighted by Crippen LogP contribution is 2.26. The van der Waals surface area contributed by atoms with E-state index in [1.807, 2.05) is 29.6 Å². The average molecular weight is 499 g/mol. The summed E-state index contributed by atoms with van der Waals surface area (Å²) in [6.45, 7) is 1.35. The number of benzene rings is 1. The number of alkyl halides is 3. The van der Waals surface area contributed by atoms with Gasteiger partial charge >= 0.3 is 6.18 Å². The first-order chi connectivity index (χ1) is 17.3. The molecule has 0 atom stereocenters. The van der Waals surface area contributed by atoms with Gasteiger partial charge in [0.05, 0.1) is 18.9 Å². The van der Waals surface area contributed by atoms with E-state index in [0.717, 1.165) is 36.5 Å². The normalized spacial score (nSPS) is 15.5. The number of nitrogens with one attached hydrogen (secondary N) is 4. The molecule has 1 fully saturated rings. The number of carbonyl (C=O) groups excluding carboxylic acids is 1. The summed E-state index contributed by atoms with van der Waals surface area (Å²) in [6, 6.07) is 11.3. The monoisotopic (exact) mass is 499 g/mol. The van der Waals surface area contributed by atoms with Gasteiger partial charge in [0.1, 0.15) is 23.7 Å². The number of nitrogens with zero attached hydrogens (tertiary/aromatic N) is 3. The van der Waals surface area contributed by atoms with Gasteiger partial charge in [0.25, 0.3) is 5.91 Å². The SMILES string of the molecule is O=C(NCC(F)(F)F)c1cnc(Nc2ccc3c(c2)CNCC3)nc1Nc1cccc(C2COC2)n1. The molecule has 2 aliphatic heterocycles. The summed E-state index contributed by atoms with van der Waals surface area (Å²) >= 11 is 0. The Kier molecular flexibility index (Phi) is 6.70. The Hall–Kier alpha value is -3.77. The van der Waals surface area contributed by atoms with Crippen LogP contribution in [0.15, 0.2) is 42.6 Å². The molecule has 2 aromatic heterocycles. The lowest BCUT2D eigenvalue weighted by atomic mass is 10.0. The Morgan fingerprint density at radius 2 is 1.97 bits per heavy atom. The van der Waals surface area contributed by atoms with Gasteiger partial charge in [0, 0.05) is 24.3 Å². The fourth-order valence-electron chi connectivity index (χ4n) is 3.94. The molecule has 1 amide bonds. The summed E-state index contributed by atoms with van der Waals surface area (Å²) in [6.07, 6.45) is -2.42. The number of hydrogen-bond acceptors (Lipinski definition) is 8. The number of amides is 1.